The maximum absolute atomic E-state index is 13.4. The fourth-order valence-corrected chi connectivity index (χ4v) is 4.61. The average Bonchev–Trinajstić information content (AvgIpc) is 3.28. The Morgan fingerprint density at radius 3 is 2.44 bits per heavy atom. The van der Waals surface area contributed by atoms with Crippen LogP contribution in [0.5, 0.6) is 0 Å². The number of nitrogens with zero attached hydrogens (tertiary/aromatic N) is 2. The SMILES string of the molecule is Cc1ccsc1CCN1C(=O)N(c2ccc(F)cc2)C(=O)[C@H]1CC(=O)Nc1ccccc1. The zero-order valence-electron chi connectivity index (χ0n) is 17.5. The smallest absolute Gasteiger partial charge is 0.326 e. The van der Waals surface area contributed by atoms with Gasteiger partial charge in [0.05, 0.1) is 12.1 Å². The lowest BCUT2D eigenvalue weighted by Crippen LogP contribution is -2.39. The summed E-state index contributed by atoms with van der Waals surface area (Å²) in [4.78, 5) is 42.7. The number of imide groups is 1. The molecular weight excluding hydrogens is 429 g/mol. The highest BCUT2D eigenvalue weighted by atomic mass is 32.1. The summed E-state index contributed by atoms with van der Waals surface area (Å²) in [6.45, 7) is 2.30. The van der Waals surface area contributed by atoms with Crippen LogP contribution in [0.15, 0.2) is 66.0 Å². The van der Waals surface area contributed by atoms with E-state index in [1.54, 1.807) is 35.6 Å². The van der Waals surface area contributed by atoms with Gasteiger partial charge in [-0.05, 0) is 66.8 Å². The number of nitrogens with one attached hydrogen (secondary N) is 1. The molecule has 4 amide bonds. The van der Waals surface area contributed by atoms with Crippen molar-refractivity contribution in [2.24, 2.45) is 0 Å². The van der Waals surface area contributed by atoms with Crippen molar-refractivity contribution in [1.82, 2.24) is 4.90 Å². The van der Waals surface area contributed by atoms with Gasteiger partial charge in [0.25, 0.3) is 5.91 Å². The highest BCUT2D eigenvalue weighted by Crippen LogP contribution is 2.28. The van der Waals surface area contributed by atoms with Crippen molar-refractivity contribution in [3.05, 3.63) is 82.3 Å². The normalized spacial score (nSPS) is 16.0. The first kappa shape index (κ1) is 21.7. The van der Waals surface area contributed by atoms with Crippen LogP contribution in [0.25, 0.3) is 0 Å². The number of rotatable bonds is 7. The Morgan fingerprint density at radius 1 is 1.06 bits per heavy atom. The van der Waals surface area contributed by atoms with E-state index in [1.807, 2.05) is 24.4 Å². The topological polar surface area (TPSA) is 69.7 Å². The molecule has 0 aliphatic carbocycles. The molecule has 2 heterocycles. The number of amides is 4. The van der Waals surface area contributed by atoms with E-state index >= 15 is 0 Å². The summed E-state index contributed by atoms with van der Waals surface area (Å²) >= 11 is 1.59. The Labute approximate surface area is 189 Å². The minimum atomic E-state index is -0.934. The predicted molar refractivity (Wildman–Crippen MR) is 122 cm³/mol. The molecule has 0 spiro atoms. The maximum Gasteiger partial charge on any atom is 0.332 e. The van der Waals surface area contributed by atoms with Crippen molar-refractivity contribution in [1.29, 1.82) is 0 Å². The summed E-state index contributed by atoms with van der Waals surface area (Å²) in [5, 5.41) is 4.75. The third-order valence-electron chi connectivity index (χ3n) is 5.39. The Bertz CT molecular complexity index is 1130. The molecule has 32 heavy (non-hydrogen) atoms. The lowest BCUT2D eigenvalue weighted by atomic mass is 10.1. The number of aryl methyl sites for hydroxylation is 1. The van der Waals surface area contributed by atoms with Crippen molar-refractivity contribution >= 4 is 40.6 Å². The summed E-state index contributed by atoms with van der Waals surface area (Å²) in [7, 11) is 0. The molecule has 8 heteroatoms. The van der Waals surface area contributed by atoms with Gasteiger partial charge in [0.2, 0.25) is 5.91 Å². The molecule has 1 aliphatic heterocycles. The summed E-state index contributed by atoms with van der Waals surface area (Å²) in [5.74, 6) is -1.31. The van der Waals surface area contributed by atoms with Gasteiger partial charge < -0.3 is 10.2 Å². The molecule has 1 N–H and O–H groups in total. The van der Waals surface area contributed by atoms with Gasteiger partial charge in [-0.25, -0.2) is 14.1 Å². The molecule has 0 radical (unpaired) electrons. The van der Waals surface area contributed by atoms with Gasteiger partial charge in [0.15, 0.2) is 0 Å². The Hall–Kier alpha value is -3.52. The van der Waals surface area contributed by atoms with Crippen LogP contribution in [0, 0.1) is 12.7 Å². The van der Waals surface area contributed by atoms with Gasteiger partial charge >= 0.3 is 6.03 Å². The molecule has 1 aliphatic rings. The average molecular weight is 452 g/mol. The van der Waals surface area contributed by atoms with Crippen LogP contribution in [0.4, 0.5) is 20.6 Å². The monoisotopic (exact) mass is 451 g/mol. The van der Waals surface area contributed by atoms with E-state index in [9.17, 15) is 18.8 Å². The molecule has 0 unspecified atom stereocenters. The predicted octanol–water partition coefficient (Wildman–Crippen LogP) is 4.60. The van der Waals surface area contributed by atoms with Gasteiger partial charge in [-0.1, -0.05) is 18.2 Å². The lowest BCUT2D eigenvalue weighted by Gasteiger charge is -2.21. The molecule has 4 rings (SSSR count). The molecule has 0 bridgehead atoms. The van der Waals surface area contributed by atoms with Crippen LogP contribution in [0.2, 0.25) is 0 Å². The number of benzene rings is 2. The fraction of sp³-hybridized carbons (Fsp3) is 0.208. The van der Waals surface area contributed by atoms with Crippen molar-refractivity contribution in [2.45, 2.75) is 25.8 Å². The molecule has 1 atom stereocenters. The van der Waals surface area contributed by atoms with Gasteiger partial charge in [-0.2, -0.15) is 0 Å². The van der Waals surface area contributed by atoms with Crippen molar-refractivity contribution < 1.29 is 18.8 Å². The number of urea groups is 1. The van der Waals surface area contributed by atoms with Crippen LogP contribution in [-0.2, 0) is 16.0 Å². The van der Waals surface area contributed by atoms with Crippen LogP contribution in [0.3, 0.4) is 0 Å². The number of hydrogen-bond acceptors (Lipinski definition) is 4. The second kappa shape index (κ2) is 9.32. The lowest BCUT2D eigenvalue weighted by molar-refractivity contribution is -0.124. The fourth-order valence-electron chi connectivity index (χ4n) is 3.71. The van der Waals surface area contributed by atoms with E-state index in [4.69, 9.17) is 0 Å². The van der Waals surface area contributed by atoms with E-state index in [0.717, 1.165) is 15.3 Å². The number of anilines is 2. The van der Waals surface area contributed by atoms with E-state index in [1.165, 1.54) is 29.2 Å². The highest BCUT2D eigenvalue weighted by molar-refractivity contribution is 7.10. The molecule has 2 aromatic carbocycles. The molecule has 3 aromatic rings. The molecule has 0 saturated carbocycles. The summed E-state index contributed by atoms with van der Waals surface area (Å²) < 4.78 is 13.4. The summed E-state index contributed by atoms with van der Waals surface area (Å²) in [6, 6.07) is 14.7. The van der Waals surface area contributed by atoms with E-state index < -0.39 is 23.8 Å². The molecule has 1 aromatic heterocycles. The number of halogens is 1. The third-order valence-corrected chi connectivity index (χ3v) is 6.47. The maximum atomic E-state index is 13.4. The molecule has 1 fully saturated rings. The van der Waals surface area contributed by atoms with E-state index in [2.05, 4.69) is 5.32 Å². The van der Waals surface area contributed by atoms with Crippen molar-refractivity contribution in [3.63, 3.8) is 0 Å². The zero-order valence-corrected chi connectivity index (χ0v) is 18.3. The first-order chi connectivity index (χ1) is 15.4. The first-order valence-corrected chi connectivity index (χ1v) is 11.1. The van der Waals surface area contributed by atoms with Gasteiger partial charge in [0.1, 0.15) is 11.9 Å². The zero-order chi connectivity index (χ0) is 22.7. The van der Waals surface area contributed by atoms with Gasteiger partial charge in [-0.15, -0.1) is 11.3 Å². The van der Waals surface area contributed by atoms with Crippen molar-refractivity contribution in [3.8, 4) is 0 Å². The standard InChI is InChI=1S/C24H22FN3O3S/c1-16-12-14-32-21(16)11-13-27-20(15-22(29)26-18-5-3-2-4-6-18)23(30)28(24(27)31)19-9-7-17(25)8-10-19/h2-10,12,14,20H,11,13,15H2,1H3,(H,26,29)/t20-/m1/s1. The quantitative estimate of drug-likeness (QED) is 0.534. The second-order valence-electron chi connectivity index (χ2n) is 7.54. The van der Waals surface area contributed by atoms with Crippen LogP contribution in [-0.4, -0.2) is 35.3 Å². The molecule has 164 valence electrons. The molecular formula is C24H22FN3O3S. The van der Waals surface area contributed by atoms with Gasteiger partial charge in [0, 0.05) is 17.1 Å². The Kier molecular flexibility index (Phi) is 6.32. The number of hydrogen-bond donors (Lipinski definition) is 1. The number of thiophene rings is 1. The van der Waals surface area contributed by atoms with Crippen molar-refractivity contribution in [2.75, 3.05) is 16.8 Å². The third kappa shape index (κ3) is 4.55. The molecule has 1 saturated heterocycles. The van der Waals surface area contributed by atoms with Gasteiger partial charge in [-0.3, -0.25) is 9.59 Å². The minimum Gasteiger partial charge on any atom is -0.326 e. The highest BCUT2D eigenvalue weighted by Gasteiger charge is 2.46. The van der Waals surface area contributed by atoms with Crippen LogP contribution >= 0.6 is 11.3 Å². The van der Waals surface area contributed by atoms with E-state index in [0.29, 0.717) is 18.7 Å². The van der Waals surface area contributed by atoms with Crippen LogP contribution in [0.1, 0.15) is 16.9 Å². The number of carbonyl (C=O) groups is 3. The number of carbonyl (C=O) groups excluding carboxylic acids is 3. The largest absolute Gasteiger partial charge is 0.332 e. The Morgan fingerprint density at radius 2 is 1.78 bits per heavy atom. The Balaban J connectivity index is 1.56. The minimum absolute atomic E-state index is 0.166. The summed E-state index contributed by atoms with van der Waals surface area (Å²) in [6.07, 6.45) is 0.414. The van der Waals surface area contributed by atoms with E-state index in [-0.39, 0.29) is 18.0 Å². The van der Waals surface area contributed by atoms with Crippen LogP contribution < -0.4 is 10.2 Å². The first-order valence-electron chi connectivity index (χ1n) is 10.2. The molecule has 6 nitrogen and oxygen atoms in total. The summed E-state index contributed by atoms with van der Waals surface area (Å²) in [5.41, 5.74) is 2.02. The second-order valence-corrected chi connectivity index (χ2v) is 8.54. The number of para-hydroxylation sites is 1.